The number of halogens is 2. The van der Waals surface area contributed by atoms with Gasteiger partial charge in [0.05, 0.1) is 0 Å². The van der Waals surface area contributed by atoms with Gasteiger partial charge in [-0.25, -0.2) is 0 Å². The summed E-state index contributed by atoms with van der Waals surface area (Å²) in [4.78, 5) is 12.0. The molecule has 2 rings (SSSR count). The third kappa shape index (κ3) is 3.59. The number of hydrogen-bond acceptors (Lipinski definition) is 2. The zero-order valence-electron chi connectivity index (χ0n) is 10.5. The summed E-state index contributed by atoms with van der Waals surface area (Å²) in [6.45, 7) is 5.98. The van der Waals surface area contributed by atoms with E-state index in [1.54, 1.807) is 0 Å². The molecule has 0 aromatic heterocycles. The van der Waals surface area contributed by atoms with Crippen LogP contribution in [0.15, 0.2) is 18.2 Å². The predicted molar refractivity (Wildman–Crippen MR) is 85.3 cm³/mol. The molecule has 1 fully saturated rings. The zero-order valence-corrected chi connectivity index (χ0v) is 13.5. The maximum atomic E-state index is 12.0. The van der Waals surface area contributed by atoms with E-state index in [0.29, 0.717) is 5.92 Å². The van der Waals surface area contributed by atoms with Crippen molar-refractivity contribution in [3.63, 3.8) is 0 Å². The number of benzene rings is 1. The highest BCUT2D eigenvalue weighted by molar-refractivity contribution is 14.1. The van der Waals surface area contributed by atoms with Crippen molar-refractivity contribution in [3.05, 3.63) is 27.3 Å². The molecule has 3 nitrogen and oxygen atoms in total. The predicted octanol–water partition coefficient (Wildman–Crippen LogP) is 2.82. The van der Waals surface area contributed by atoms with E-state index in [1.807, 2.05) is 25.1 Å². The van der Waals surface area contributed by atoms with Gasteiger partial charge in [0, 0.05) is 15.2 Å². The number of carbonyl (C=O) groups is 1. The first-order valence-electron chi connectivity index (χ1n) is 5.85. The standard InChI is InChI=1S/C13H17IN2O.ClH/c1-8-3-4-11(5-12(8)14)16-13(17)9(2)10-6-15-7-10;/h3-5,9-10,15H,6-7H2,1-2H3,(H,16,17);1H. The van der Waals surface area contributed by atoms with Crippen LogP contribution in [0.2, 0.25) is 0 Å². The molecule has 5 heteroatoms. The molecule has 18 heavy (non-hydrogen) atoms. The minimum absolute atomic E-state index is 0. The quantitative estimate of drug-likeness (QED) is 0.792. The van der Waals surface area contributed by atoms with Crippen LogP contribution >= 0.6 is 35.0 Å². The van der Waals surface area contributed by atoms with Crippen LogP contribution in [0.1, 0.15) is 12.5 Å². The van der Waals surface area contributed by atoms with Crippen LogP contribution in [0.5, 0.6) is 0 Å². The van der Waals surface area contributed by atoms with Gasteiger partial charge >= 0.3 is 0 Å². The van der Waals surface area contributed by atoms with Crippen molar-refractivity contribution in [2.75, 3.05) is 18.4 Å². The Balaban J connectivity index is 0.00000162. The summed E-state index contributed by atoms with van der Waals surface area (Å²) >= 11 is 2.28. The molecule has 0 saturated carbocycles. The Hall–Kier alpha value is -0.330. The highest BCUT2D eigenvalue weighted by Gasteiger charge is 2.28. The van der Waals surface area contributed by atoms with Gasteiger partial charge in [-0.2, -0.15) is 0 Å². The van der Waals surface area contributed by atoms with Crippen LogP contribution in [-0.4, -0.2) is 19.0 Å². The summed E-state index contributed by atoms with van der Waals surface area (Å²) < 4.78 is 1.18. The van der Waals surface area contributed by atoms with Crippen LogP contribution in [0.3, 0.4) is 0 Å². The van der Waals surface area contributed by atoms with Crippen molar-refractivity contribution < 1.29 is 4.79 Å². The van der Waals surface area contributed by atoms with Gasteiger partial charge in [-0.1, -0.05) is 13.0 Å². The number of carbonyl (C=O) groups excluding carboxylic acids is 1. The van der Waals surface area contributed by atoms with Crippen LogP contribution < -0.4 is 10.6 Å². The van der Waals surface area contributed by atoms with E-state index in [1.165, 1.54) is 9.13 Å². The van der Waals surface area contributed by atoms with Crippen molar-refractivity contribution in [1.29, 1.82) is 0 Å². The highest BCUT2D eigenvalue weighted by Crippen LogP contribution is 2.20. The maximum absolute atomic E-state index is 12.0. The third-order valence-electron chi connectivity index (χ3n) is 3.37. The van der Waals surface area contributed by atoms with Crippen LogP contribution in [-0.2, 0) is 4.79 Å². The Morgan fingerprint density at radius 1 is 1.50 bits per heavy atom. The Morgan fingerprint density at radius 2 is 2.17 bits per heavy atom. The van der Waals surface area contributed by atoms with Crippen molar-refractivity contribution in [3.8, 4) is 0 Å². The Kier molecular flexibility index (Phi) is 5.88. The van der Waals surface area contributed by atoms with Gasteiger partial charge < -0.3 is 10.6 Å². The van der Waals surface area contributed by atoms with Gasteiger partial charge in [0.2, 0.25) is 5.91 Å². The van der Waals surface area contributed by atoms with E-state index in [4.69, 9.17) is 0 Å². The molecule has 100 valence electrons. The van der Waals surface area contributed by atoms with Crippen LogP contribution in [0.4, 0.5) is 5.69 Å². The molecule has 0 bridgehead atoms. The van der Waals surface area contributed by atoms with Crippen molar-refractivity contribution >= 4 is 46.6 Å². The van der Waals surface area contributed by atoms with Crippen molar-refractivity contribution in [2.45, 2.75) is 13.8 Å². The molecule has 0 aliphatic carbocycles. The molecule has 0 spiro atoms. The number of anilines is 1. The van der Waals surface area contributed by atoms with Gasteiger partial charge in [0.25, 0.3) is 0 Å². The number of nitrogens with one attached hydrogen (secondary N) is 2. The normalized spacial score (nSPS) is 16.4. The smallest absolute Gasteiger partial charge is 0.227 e. The van der Waals surface area contributed by atoms with Gasteiger partial charge in [-0.05, 0) is 66.2 Å². The van der Waals surface area contributed by atoms with Crippen molar-refractivity contribution in [1.82, 2.24) is 5.32 Å². The molecule has 1 saturated heterocycles. The molecule has 2 N–H and O–H groups in total. The second-order valence-electron chi connectivity index (χ2n) is 4.66. The second kappa shape index (κ2) is 6.73. The molecule has 1 atom stereocenters. The number of aryl methyl sites for hydroxylation is 1. The average Bonchev–Trinajstić information content (AvgIpc) is 2.21. The van der Waals surface area contributed by atoms with E-state index in [2.05, 4.69) is 40.1 Å². The largest absolute Gasteiger partial charge is 0.326 e. The summed E-state index contributed by atoms with van der Waals surface area (Å²) in [5.74, 6) is 0.686. The molecular formula is C13H18ClIN2O. The number of rotatable bonds is 3. The van der Waals surface area contributed by atoms with Crippen LogP contribution in [0.25, 0.3) is 0 Å². The lowest BCUT2D eigenvalue weighted by molar-refractivity contribution is -0.121. The van der Waals surface area contributed by atoms with Crippen LogP contribution in [0, 0.1) is 22.3 Å². The topological polar surface area (TPSA) is 41.1 Å². The zero-order chi connectivity index (χ0) is 12.4. The van der Waals surface area contributed by atoms with E-state index >= 15 is 0 Å². The summed E-state index contributed by atoms with van der Waals surface area (Å²) in [7, 11) is 0. The molecule has 1 amide bonds. The minimum atomic E-state index is 0. The SMILES string of the molecule is Cc1ccc(NC(=O)C(C)C2CNC2)cc1I.Cl. The van der Waals surface area contributed by atoms with Gasteiger partial charge in [0.15, 0.2) is 0 Å². The first-order chi connectivity index (χ1) is 8.08. The van der Waals surface area contributed by atoms with E-state index < -0.39 is 0 Å². The van der Waals surface area contributed by atoms with Gasteiger partial charge in [-0.15, -0.1) is 12.4 Å². The molecule has 1 aliphatic heterocycles. The van der Waals surface area contributed by atoms with E-state index in [0.717, 1.165) is 18.8 Å². The molecule has 0 radical (unpaired) electrons. The molecule has 1 aliphatic rings. The minimum Gasteiger partial charge on any atom is -0.326 e. The fourth-order valence-electron chi connectivity index (χ4n) is 1.81. The summed E-state index contributed by atoms with van der Waals surface area (Å²) in [5, 5.41) is 6.18. The molecule has 1 heterocycles. The molecule has 1 aromatic rings. The Morgan fingerprint density at radius 3 is 2.67 bits per heavy atom. The second-order valence-corrected chi connectivity index (χ2v) is 5.82. The average molecular weight is 381 g/mol. The highest BCUT2D eigenvalue weighted by atomic mass is 127. The van der Waals surface area contributed by atoms with Gasteiger partial charge in [-0.3, -0.25) is 4.79 Å². The van der Waals surface area contributed by atoms with Gasteiger partial charge in [0.1, 0.15) is 0 Å². The van der Waals surface area contributed by atoms with Crippen molar-refractivity contribution in [2.24, 2.45) is 11.8 Å². The number of amides is 1. The monoisotopic (exact) mass is 380 g/mol. The Labute approximate surface area is 128 Å². The fraction of sp³-hybridized carbons (Fsp3) is 0.462. The van der Waals surface area contributed by atoms with E-state index in [9.17, 15) is 4.79 Å². The first kappa shape index (κ1) is 15.7. The maximum Gasteiger partial charge on any atom is 0.227 e. The third-order valence-corrected chi connectivity index (χ3v) is 4.54. The lowest BCUT2D eigenvalue weighted by Crippen LogP contribution is -2.48. The molecule has 1 unspecified atom stereocenters. The summed E-state index contributed by atoms with van der Waals surface area (Å²) in [5.41, 5.74) is 2.13. The Bertz CT molecular complexity index is 435. The first-order valence-corrected chi connectivity index (χ1v) is 6.93. The molecular weight excluding hydrogens is 363 g/mol. The summed E-state index contributed by atoms with van der Waals surface area (Å²) in [6, 6.07) is 6.01. The van der Waals surface area contributed by atoms with E-state index in [-0.39, 0.29) is 24.2 Å². The molecule has 1 aromatic carbocycles. The lowest BCUT2D eigenvalue weighted by atomic mass is 9.88. The number of hydrogen-bond donors (Lipinski definition) is 2. The fourth-order valence-corrected chi connectivity index (χ4v) is 2.32. The summed E-state index contributed by atoms with van der Waals surface area (Å²) in [6.07, 6.45) is 0. The lowest BCUT2D eigenvalue weighted by Gasteiger charge is -2.31.